The highest BCUT2D eigenvalue weighted by Gasteiger charge is 2.37. The smallest absolute Gasteiger partial charge is 0.265 e. The van der Waals surface area contributed by atoms with Crippen LogP contribution in [0.4, 0.5) is 5.00 Å². The van der Waals surface area contributed by atoms with Crippen LogP contribution in [0.5, 0.6) is 0 Å². The van der Waals surface area contributed by atoms with Gasteiger partial charge in [-0.15, -0.1) is 22.7 Å². The summed E-state index contributed by atoms with van der Waals surface area (Å²) in [5, 5.41) is 2.99. The molecule has 0 aliphatic carbocycles. The number of amides is 3. The van der Waals surface area contributed by atoms with E-state index < -0.39 is 0 Å². The van der Waals surface area contributed by atoms with Gasteiger partial charge in [-0.25, -0.2) is 0 Å². The van der Waals surface area contributed by atoms with Gasteiger partial charge in [0.05, 0.1) is 17.1 Å². The summed E-state index contributed by atoms with van der Waals surface area (Å²) < 4.78 is 0. The molecule has 6 nitrogen and oxygen atoms in total. The Labute approximate surface area is 169 Å². The lowest BCUT2D eigenvalue weighted by molar-refractivity contribution is -0.118. The number of nitrogens with zero attached hydrogens (tertiary/aromatic N) is 3. The van der Waals surface area contributed by atoms with Crippen molar-refractivity contribution in [3.05, 3.63) is 37.4 Å². The zero-order valence-electron chi connectivity index (χ0n) is 15.0. The molecule has 0 spiro atoms. The largest absolute Gasteiger partial charge is 0.332 e. The van der Waals surface area contributed by atoms with Gasteiger partial charge >= 0.3 is 0 Å². The van der Waals surface area contributed by atoms with Crippen LogP contribution in [-0.2, 0) is 17.8 Å². The molecule has 2 aliphatic heterocycles. The van der Waals surface area contributed by atoms with E-state index in [2.05, 4.69) is 0 Å². The maximum absolute atomic E-state index is 12.9. The summed E-state index contributed by atoms with van der Waals surface area (Å²) in [5.74, 6) is -0.284. The monoisotopic (exact) mass is 423 g/mol. The van der Waals surface area contributed by atoms with Gasteiger partial charge in [0.25, 0.3) is 11.8 Å². The van der Waals surface area contributed by atoms with Gasteiger partial charge in [0, 0.05) is 25.0 Å². The first-order valence-corrected chi connectivity index (χ1v) is 10.7. The van der Waals surface area contributed by atoms with Crippen LogP contribution in [-0.4, -0.2) is 54.2 Å². The zero-order chi connectivity index (χ0) is 19.3. The molecule has 0 bridgehead atoms. The maximum atomic E-state index is 12.9. The molecule has 0 aromatic carbocycles. The fourth-order valence-corrected chi connectivity index (χ4v) is 6.08. The summed E-state index contributed by atoms with van der Waals surface area (Å²) in [6, 6.07) is 1.72. The van der Waals surface area contributed by atoms with Crippen molar-refractivity contribution in [1.29, 1.82) is 0 Å². The predicted octanol–water partition coefficient (Wildman–Crippen LogP) is 3.10. The van der Waals surface area contributed by atoms with E-state index in [1.807, 2.05) is 6.92 Å². The van der Waals surface area contributed by atoms with Crippen LogP contribution >= 0.6 is 34.3 Å². The molecule has 9 heteroatoms. The van der Waals surface area contributed by atoms with E-state index in [-0.39, 0.29) is 24.3 Å². The molecule has 2 aromatic rings. The highest BCUT2D eigenvalue weighted by Crippen LogP contribution is 2.41. The number of rotatable bonds is 2. The third-order valence-electron chi connectivity index (χ3n) is 4.93. The topological polar surface area (TPSA) is 60.9 Å². The van der Waals surface area contributed by atoms with Crippen molar-refractivity contribution in [3.63, 3.8) is 0 Å². The quantitative estimate of drug-likeness (QED) is 0.745. The zero-order valence-corrected chi connectivity index (χ0v) is 17.3. The summed E-state index contributed by atoms with van der Waals surface area (Å²) in [6.45, 7) is 3.47. The minimum atomic E-state index is -0.118. The summed E-state index contributed by atoms with van der Waals surface area (Å²) in [7, 11) is 1.66. The molecule has 0 saturated carbocycles. The van der Waals surface area contributed by atoms with Gasteiger partial charge in [0.2, 0.25) is 5.91 Å². The Hall–Kier alpha value is -1.90. The lowest BCUT2D eigenvalue weighted by Crippen LogP contribution is -2.38. The van der Waals surface area contributed by atoms with Crippen LogP contribution in [0.25, 0.3) is 0 Å². The minimum Gasteiger partial charge on any atom is -0.332 e. The molecule has 0 fully saturated rings. The van der Waals surface area contributed by atoms with Crippen molar-refractivity contribution >= 4 is 57.0 Å². The van der Waals surface area contributed by atoms with Gasteiger partial charge < -0.3 is 14.7 Å². The van der Waals surface area contributed by atoms with E-state index in [1.165, 1.54) is 27.6 Å². The van der Waals surface area contributed by atoms with E-state index >= 15 is 0 Å². The minimum absolute atomic E-state index is 0.0796. The van der Waals surface area contributed by atoms with Crippen molar-refractivity contribution in [3.8, 4) is 0 Å². The van der Waals surface area contributed by atoms with E-state index in [0.29, 0.717) is 46.5 Å². The number of halogens is 1. The molecule has 0 N–H and O–H groups in total. The van der Waals surface area contributed by atoms with Crippen molar-refractivity contribution < 1.29 is 14.4 Å². The third kappa shape index (κ3) is 2.96. The molecule has 2 aromatic heterocycles. The Kier molecular flexibility index (Phi) is 4.73. The summed E-state index contributed by atoms with van der Waals surface area (Å²) >= 11 is 8.90. The lowest BCUT2D eigenvalue weighted by Gasteiger charge is -2.27. The molecular weight excluding hydrogens is 406 g/mol. The molecule has 0 atom stereocenters. The van der Waals surface area contributed by atoms with Gasteiger partial charge in [0.1, 0.15) is 16.4 Å². The summed E-state index contributed by atoms with van der Waals surface area (Å²) in [5.41, 5.74) is 1.60. The molecule has 0 saturated heterocycles. The maximum Gasteiger partial charge on any atom is 0.265 e. The highest BCUT2D eigenvalue weighted by atomic mass is 35.5. The number of anilines is 1. The molecule has 4 rings (SSSR count). The third-order valence-corrected chi connectivity index (χ3v) is 7.50. The highest BCUT2D eigenvalue weighted by molar-refractivity contribution is 7.17. The normalized spacial score (nSPS) is 17.1. The summed E-state index contributed by atoms with van der Waals surface area (Å²) in [6.07, 6.45) is 0.598. The molecule has 2 aliphatic rings. The van der Waals surface area contributed by atoms with Gasteiger partial charge in [-0.3, -0.25) is 14.4 Å². The van der Waals surface area contributed by atoms with Crippen LogP contribution in [0.15, 0.2) is 11.4 Å². The number of likely N-dealkylation sites (N-methyl/N-ethyl adjacent to an activating group) is 2. The first-order chi connectivity index (χ1) is 12.9. The fraction of sp³-hybridized carbons (Fsp3) is 0.389. The Bertz CT molecular complexity index is 952. The predicted molar refractivity (Wildman–Crippen MR) is 107 cm³/mol. The molecule has 0 radical (unpaired) electrons. The van der Waals surface area contributed by atoms with Crippen molar-refractivity contribution in [1.82, 2.24) is 9.80 Å². The standard InChI is InChI=1S/C18H18ClN3O3S2/c1-3-22-13(23)9-20(2)16(24)14-10-4-6-21(8-12(10)27-18(14)22)17(25)15-11(19)5-7-26-15/h5,7H,3-4,6,8-9H2,1-2H3. The first kappa shape index (κ1) is 18.5. The molecule has 27 heavy (non-hydrogen) atoms. The van der Waals surface area contributed by atoms with E-state index in [4.69, 9.17) is 11.6 Å². The Morgan fingerprint density at radius 3 is 2.74 bits per heavy atom. The second-order valence-electron chi connectivity index (χ2n) is 6.56. The number of carbonyl (C=O) groups excluding carboxylic acids is 3. The molecule has 142 valence electrons. The number of fused-ring (bicyclic) bond motifs is 3. The van der Waals surface area contributed by atoms with Gasteiger partial charge in [-0.05, 0) is 30.4 Å². The number of hydrogen-bond donors (Lipinski definition) is 0. The average Bonchev–Trinajstić information content (AvgIpc) is 3.21. The Morgan fingerprint density at radius 1 is 1.30 bits per heavy atom. The Morgan fingerprint density at radius 2 is 2.07 bits per heavy atom. The molecule has 3 amide bonds. The SMILES string of the molecule is CCN1C(=O)CN(C)C(=O)c2c1sc1c2CCN(C(=O)c2sccc2Cl)C1. The first-order valence-electron chi connectivity index (χ1n) is 8.65. The second kappa shape index (κ2) is 6.92. The van der Waals surface area contributed by atoms with E-state index in [0.717, 1.165) is 10.4 Å². The van der Waals surface area contributed by atoms with Crippen molar-refractivity contribution in [2.24, 2.45) is 0 Å². The number of thiophene rings is 2. The number of hydrogen-bond acceptors (Lipinski definition) is 5. The average molecular weight is 424 g/mol. The number of carbonyl (C=O) groups is 3. The second-order valence-corrected chi connectivity index (χ2v) is 8.96. The van der Waals surface area contributed by atoms with Crippen LogP contribution < -0.4 is 4.90 Å². The Balaban J connectivity index is 1.71. The molecule has 0 unspecified atom stereocenters. The van der Waals surface area contributed by atoms with Crippen molar-refractivity contribution in [2.45, 2.75) is 19.9 Å². The lowest BCUT2D eigenvalue weighted by atomic mass is 10.0. The fourth-order valence-electron chi connectivity index (χ4n) is 3.55. The molecular formula is C18H18ClN3O3S2. The van der Waals surface area contributed by atoms with Crippen LogP contribution in [0.3, 0.4) is 0 Å². The summed E-state index contributed by atoms with van der Waals surface area (Å²) in [4.78, 5) is 44.6. The van der Waals surface area contributed by atoms with Crippen LogP contribution in [0.2, 0.25) is 5.02 Å². The van der Waals surface area contributed by atoms with Crippen LogP contribution in [0, 0.1) is 0 Å². The van der Waals surface area contributed by atoms with Crippen molar-refractivity contribution in [2.75, 3.05) is 31.6 Å². The van der Waals surface area contributed by atoms with Crippen LogP contribution in [0.1, 0.15) is 37.4 Å². The molecule has 4 heterocycles. The van der Waals surface area contributed by atoms with E-state index in [1.54, 1.807) is 28.3 Å². The van der Waals surface area contributed by atoms with Gasteiger partial charge in [-0.1, -0.05) is 11.6 Å². The van der Waals surface area contributed by atoms with Gasteiger partial charge in [-0.2, -0.15) is 0 Å². The van der Waals surface area contributed by atoms with E-state index in [9.17, 15) is 14.4 Å². The van der Waals surface area contributed by atoms with Gasteiger partial charge in [0.15, 0.2) is 0 Å².